The van der Waals surface area contributed by atoms with E-state index in [9.17, 15) is 4.79 Å². The highest BCUT2D eigenvalue weighted by Gasteiger charge is 2.25. The molecule has 3 heteroatoms. The number of Topliss-reactive ketones (excluding diaryl/α,β-unsaturated/α-hetero) is 1. The minimum absolute atomic E-state index is 0.206. The molecule has 0 fully saturated rings. The smallest absolute Gasteiger partial charge is 0.137 e. The van der Waals surface area contributed by atoms with E-state index in [2.05, 4.69) is 4.90 Å². The quantitative estimate of drug-likeness (QED) is 0.786. The molecule has 0 radical (unpaired) electrons. The van der Waals surface area contributed by atoms with Gasteiger partial charge in [-0.3, -0.25) is 4.79 Å². The number of nitrogens with zero attached hydrogens (tertiary/aromatic N) is 1. The lowest BCUT2D eigenvalue weighted by Gasteiger charge is -2.29. The third-order valence-electron chi connectivity index (χ3n) is 3.10. The molecule has 0 saturated carbocycles. The highest BCUT2D eigenvalue weighted by atomic mass is 16.5. The summed E-state index contributed by atoms with van der Waals surface area (Å²) in [7, 11) is 3.64. The van der Waals surface area contributed by atoms with Crippen LogP contribution in [0.4, 0.5) is 5.69 Å². The van der Waals surface area contributed by atoms with Crippen LogP contribution in [-0.2, 0) is 4.79 Å². The van der Waals surface area contributed by atoms with Gasteiger partial charge < -0.3 is 9.64 Å². The van der Waals surface area contributed by atoms with Crippen LogP contribution in [0.5, 0.6) is 5.75 Å². The molecule has 0 bridgehead atoms. The first-order chi connectivity index (χ1) is 7.86. The molecule has 0 spiro atoms. The number of methoxy groups -OCH3 is 1. The number of anilines is 1. The summed E-state index contributed by atoms with van der Waals surface area (Å²) in [4.78, 5) is 13.6. The number of ketones is 1. The Morgan fingerprint density at radius 3 is 2.24 bits per heavy atom. The Morgan fingerprint density at radius 2 is 1.82 bits per heavy atom. The maximum absolute atomic E-state index is 11.5. The molecule has 0 aromatic heterocycles. The Kier molecular flexibility index (Phi) is 4.16. The molecule has 0 aliphatic rings. The van der Waals surface area contributed by atoms with Crippen molar-refractivity contribution in [3.8, 4) is 5.75 Å². The molecule has 1 rings (SSSR count). The Bertz CT molecular complexity index is 382. The molecule has 94 valence electrons. The van der Waals surface area contributed by atoms with Crippen LogP contribution in [0.3, 0.4) is 0 Å². The minimum atomic E-state index is -0.325. The standard InChI is InChI=1S/C14H21NO2/c1-11(16)14(2,3)10-15(4)12-6-8-13(17-5)9-7-12/h6-9H,10H2,1-5H3. The first-order valence-electron chi connectivity index (χ1n) is 5.73. The normalized spacial score (nSPS) is 11.1. The number of carbonyl (C=O) groups excluding carboxylic acids is 1. The van der Waals surface area contributed by atoms with E-state index in [1.807, 2.05) is 45.2 Å². The zero-order chi connectivity index (χ0) is 13.1. The Morgan fingerprint density at radius 1 is 1.29 bits per heavy atom. The number of carbonyl (C=O) groups is 1. The van der Waals surface area contributed by atoms with Gasteiger partial charge >= 0.3 is 0 Å². The van der Waals surface area contributed by atoms with Crippen LogP contribution in [0.25, 0.3) is 0 Å². The molecule has 0 amide bonds. The second-order valence-electron chi connectivity index (χ2n) is 4.99. The summed E-state index contributed by atoms with van der Waals surface area (Å²) in [6, 6.07) is 7.84. The third kappa shape index (κ3) is 3.48. The number of rotatable bonds is 5. The second-order valence-corrected chi connectivity index (χ2v) is 4.99. The van der Waals surface area contributed by atoms with Crippen molar-refractivity contribution in [2.45, 2.75) is 20.8 Å². The van der Waals surface area contributed by atoms with Crippen LogP contribution in [0.2, 0.25) is 0 Å². The fourth-order valence-electron chi connectivity index (χ4n) is 1.63. The molecular formula is C14H21NO2. The number of hydrogen-bond donors (Lipinski definition) is 0. The SMILES string of the molecule is COc1ccc(N(C)CC(C)(C)C(C)=O)cc1. The van der Waals surface area contributed by atoms with Gasteiger partial charge in [-0.05, 0) is 31.2 Å². The summed E-state index contributed by atoms with van der Waals surface area (Å²) in [5, 5.41) is 0. The first-order valence-corrected chi connectivity index (χ1v) is 5.73. The lowest BCUT2D eigenvalue weighted by molar-refractivity contribution is -0.124. The summed E-state index contributed by atoms with van der Waals surface area (Å²) in [5.74, 6) is 1.05. The van der Waals surface area contributed by atoms with Gasteiger partial charge in [0.05, 0.1) is 7.11 Å². The van der Waals surface area contributed by atoms with Gasteiger partial charge in [0.25, 0.3) is 0 Å². The summed E-state index contributed by atoms with van der Waals surface area (Å²) < 4.78 is 5.12. The summed E-state index contributed by atoms with van der Waals surface area (Å²) >= 11 is 0. The average molecular weight is 235 g/mol. The molecule has 17 heavy (non-hydrogen) atoms. The van der Waals surface area contributed by atoms with Crippen LogP contribution < -0.4 is 9.64 Å². The Balaban J connectivity index is 2.76. The average Bonchev–Trinajstić information content (AvgIpc) is 2.28. The van der Waals surface area contributed by atoms with Crippen LogP contribution in [0.1, 0.15) is 20.8 Å². The number of benzene rings is 1. The fourth-order valence-corrected chi connectivity index (χ4v) is 1.63. The van der Waals surface area contributed by atoms with Crippen LogP contribution >= 0.6 is 0 Å². The van der Waals surface area contributed by atoms with Crippen LogP contribution in [-0.4, -0.2) is 26.5 Å². The molecule has 0 N–H and O–H groups in total. The lowest BCUT2D eigenvalue weighted by Crippen LogP contribution is -2.36. The van der Waals surface area contributed by atoms with E-state index in [0.29, 0.717) is 6.54 Å². The van der Waals surface area contributed by atoms with Crippen molar-refractivity contribution < 1.29 is 9.53 Å². The molecule has 1 aromatic rings. The van der Waals surface area contributed by atoms with Crippen molar-refractivity contribution in [2.24, 2.45) is 5.41 Å². The predicted octanol–water partition coefficient (Wildman–Crippen LogP) is 2.75. The van der Waals surface area contributed by atoms with Crippen molar-refractivity contribution in [3.63, 3.8) is 0 Å². The maximum Gasteiger partial charge on any atom is 0.137 e. The monoisotopic (exact) mass is 235 g/mol. The van der Waals surface area contributed by atoms with Crippen molar-refractivity contribution in [3.05, 3.63) is 24.3 Å². The van der Waals surface area contributed by atoms with Gasteiger partial charge in [0.2, 0.25) is 0 Å². The lowest BCUT2D eigenvalue weighted by atomic mass is 9.88. The van der Waals surface area contributed by atoms with E-state index in [0.717, 1.165) is 11.4 Å². The first kappa shape index (κ1) is 13.6. The van der Waals surface area contributed by atoms with E-state index in [1.54, 1.807) is 14.0 Å². The van der Waals surface area contributed by atoms with Gasteiger partial charge in [0, 0.05) is 24.7 Å². The van der Waals surface area contributed by atoms with Crippen molar-refractivity contribution in [1.82, 2.24) is 0 Å². The van der Waals surface area contributed by atoms with Gasteiger partial charge in [-0.15, -0.1) is 0 Å². The van der Waals surface area contributed by atoms with Crippen molar-refractivity contribution in [1.29, 1.82) is 0 Å². The molecule has 0 heterocycles. The van der Waals surface area contributed by atoms with Gasteiger partial charge in [-0.2, -0.15) is 0 Å². The maximum atomic E-state index is 11.5. The molecule has 0 aliphatic heterocycles. The number of ether oxygens (including phenoxy) is 1. The van der Waals surface area contributed by atoms with Gasteiger partial charge in [0.15, 0.2) is 0 Å². The van der Waals surface area contributed by atoms with Crippen LogP contribution in [0.15, 0.2) is 24.3 Å². The molecule has 0 atom stereocenters. The largest absolute Gasteiger partial charge is 0.497 e. The molecule has 0 unspecified atom stereocenters. The van der Waals surface area contributed by atoms with E-state index < -0.39 is 0 Å². The van der Waals surface area contributed by atoms with E-state index >= 15 is 0 Å². The van der Waals surface area contributed by atoms with Crippen molar-refractivity contribution >= 4 is 11.5 Å². The zero-order valence-corrected chi connectivity index (χ0v) is 11.3. The Labute approximate surface area is 103 Å². The molecule has 1 aromatic carbocycles. The van der Waals surface area contributed by atoms with Gasteiger partial charge in [-0.1, -0.05) is 13.8 Å². The van der Waals surface area contributed by atoms with Gasteiger partial charge in [-0.25, -0.2) is 0 Å². The highest BCUT2D eigenvalue weighted by Crippen LogP contribution is 2.23. The van der Waals surface area contributed by atoms with E-state index in [-0.39, 0.29) is 11.2 Å². The van der Waals surface area contributed by atoms with E-state index in [1.165, 1.54) is 0 Å². The van der Waals surface area contributed by atoms with Crippen molar-refractivity contribution in [2.75, 3.05) is 25.6 Å². The topological polar surface area (TPSA) is 29.5 Å². The summed E-state index contributed by atoms with van der Waals surface area (Å²) in [6.07, 6.45) is 0. The molecular weight excluding hydrogens is 214 g/mol. The minimum Gasteiger partial charge on any atom is -0.497 e. The van der Waals surface area contributed by atoms with Gasteiger partial charge in [0.1, 0.15) is 11.5 Å². The zero-order valence-electron chi connectivity index (χ0n) is 11.3. The van der Waals surface area contributed by atoms with E-state index in [4.69, 9.17) is 4.74 Å². The summed E-state index contributed by atoms with van der Waals surface area (Å²) in [5.41, 5.74) is 0.759. The third-order valence-corrected chi connectivity index (χ3v) is 3.10. The highest BCUT2D eigenvalue weighted by molar-refractivity contribution is 5.82. The van der Waals surface area contributed by atoms with Crippen LogP contribution in [0, 0.1) is 5.41 Å². The molecule has 0 saturated heterocycles. The molecule has 3 nitrogen and oxygen atoms in total. The number of hydrogen-bond acceptors (Lipinski definition) is 3. The second kappa shape index (κ2) is 5.21. The molecule has 0 aliphatic carbocycles. The Hall–Kier alpha value is -1.51. The fraction of sp³-hybridized carbons (Fsp3) is 0.500. The predicted molar refractivity (Wildman–Crippen MR) is 70.7 cm³/mol. The summed E-state index contributed by atoms with van der Waals surface area (Å²) in [6.45, 7) is 6.28.